The smallest absolute Gasteiger partial charge is 0.137 e. The van der Waals surface area contributed by atoms with Gasteiger partial charge in [-0.1, -0.05) is 24.4 Å². The summed E-state index contributed by atoms with van der Waals surface area (Å²) < 4.78 is 19.0. The summed E-state index contributed by atoms with van der Waals surface area (Å²) >= 11 is 4.72. The number of furan rings is 1. The average molecular weight is 272 g/mol. The molecule has 5 heteroatoms. The quantitative estimate of drug-likeness (QED) is 0.529. The molecule has 0 bridgehead atoms. The summed E-state index contributed by atoms with van der Waals surface area (Å²) in [6, 6.07) is 11.4. The fourth-order valence-electron chi connectivity index (χ4n) is 1.54. The summed E-state index contributed by atoms with van der Waals surface area (Å²) in [6.07, 6.45) is 1.42. The van der Waals surface area contributed by atoms with Crippen molar-refractivity contribution in [2.24, 2.45) is 5.73 Å². The van der Waals surface area contributed by atoms with Crippen molar-refractivity contribution in [2.75, 3.05) is 0 Å². The van der Waals surface area contributed by atoms with Crippen LogP contribution in [0.3, 0.4) is 0 Å². The van der Waals surface area contributed by atoms with Crippen molar-refractivity contribution in [2.45, 2.75) is 0 Å². The van der Waals surface area contributed by atoms with Gasteiger partial charge >= 0.3 is 0 Å². The van der Waals surface area contributed by atoms with Crippen LogP contribution in [0.15, 0.2) is 46.4 Å². The van der Waals surface area contributed by atoms with E-state index in [9.17, 15) is 4.39 Å². The molecule has 3 nitrogen and oxygen atoms in total. The van der Waals surface area contributed by atoms with E-state index in [1.54, 1.807) is 30.3 Å². The molecule has 2 rings (SSSR count). The van der Waals surface area contributed by atoms with Gasteiger partial charge in [-0.15, -0.1) is 0 Å². The highest BCUT2D eigenvalue weighted by atomic mass is 32.1. The van der Waals surface area contributed by atoms with Gasteiger partial charge in [-0.2, -0.15) is 5.26 Å². The third kappa shape index (κ3) is 2.87. The fraction of sp³-hybridized carbons (Fsp3) is 0. The van der Waals surface area contributed by atoms with Gasteiger partial charge in [-0.05, 0) is 24.3 Å². The first-order chi connectivity index (χ1) is 9.11. The Morgan fingerprint density at radius 1 is 1.32 bits per heavy atom. The van der Waals surface area contributed by atoms with Crippen LogP contribution in [0.2, 0.25) is 0 Å². The van der Waals surface area contributed by atoms with Gasteiger partial charge in [0.1, 0.15) is 28.4 Å². The minimum absolute atomic E-state index is 0.00802. The second-order valence-corrected chi connectivity index (χ2v) is 4.16. The Morgan fingerprint density at radius 3 is 2.68 bits per heavy atom. The highest BCUT2D eigenvalue weighted by Crippen LogP contribution is 2.25. The predicted molar refractivity (Wildman–Crippen MR) is 74.5 cm³/mol. The first-order valence-electron chi connectivity index (χ1n) is 5.38. The lowest BCUT2D eigenvalue weighted by Crippen LogP contribution is -2.09. The molecule has 0 amide bonds. The van der Waals surface area contributed by atoms with Crippen LogP contribution >= 0.6 is 12.2 Å². The Bertz CT molecular complexity index is 697. The Balaban J connectivity index is 2.38. The number of hydrogen-bond acceptors (Lipinski definition) is 3. The molecule has 94 valence electrons. The monoisotopic (exact) mass is 272 g/mol. The Hall–Kier alpha value is -2.45. The van der Waals surface area contributed by atoms with Crippen LogP contribution in [0.25, 0.3) is 17.4 Å². The van der Waals surface area contributed by atoms with Crippen LogP contribution in [0.4, 0.5) is 4.39 Å². The molecule has 0 fully saturated rings. The van der Waals surface area contributed by atoms with E-state index in [1.807, 2.05) is 6.07 Å². The van der Waals surface area contributed by atoms with E-state index in [0.717, 1.165) is 0 Å². The second kappa shape index (κ2) is 5.46. The normalized spacial score (nSPS) is 11.1. The first-order valence-corrected chi connectivity index (χ1v) is 5.79. The minimum Gasteiger partial charge on any atom is -0.457 e. The van der Waals surface area contributed by atoms with Crippen LogP contribution < -0.4 is 5.73 Å². The molecular weight excluding hydrogens is 263 g/mol. The van der Waals surface area contributed by atoms with Gasteiger partial charge in [-0.25, -0.2) is 4.39 Å². The van der Waals surface area contributed by atoms with Gasteiger partial charge in [0.25, 0.3) is 0 Å². The zero-order chi connectivity index (χ0) is 13.8. The van der Waals surface area contributed by atoms with Gasteiger partial charge in [0.2, 0.25) is 0 Å². The Kier molecular flexibility index (Phi) is 3.74. The summed E-state index contributed by atoms with van der Waals surface area (Å²) in [5, 5.41) is 8.84. The minimum atomic E-state index is -0.373. The molecule has 0 saturated carbocycles. The molecule has 0 saturated heterocycles. The van der Waals surface area contributed by atoms with Gasteiger partial charge in [0.15, 0.2) is 0 Å². The SMILES string of the molecule is N#CC(=Cc1ccc(-c2ccccc2F)o1)C(N)=S. The van der Waals surface area contributed by atoms with Crippen molar-refractivity contribution < 1.29 is 8.81 Å². The van der Waals surface area contributed by atoms with E-state index in [2.05, 4.69) is 0 Å². The zero-order valence-electron chi connectivity index (χ0n) is 9.76. The van der Waals surface area contributed by atoms with Gasteiger partial charge in [0, 0.05) is 6.08 Å². The van der Waals surface area contributed by atoms with Crippen molar-refractivity contribution in [3.63, 3.8) is 0 Å². The average Bonchev–Trinajstić information content (AvgIpc) is 2.84. The highest BCUT2D eigenvalue weighted by molar-refractivity contribution is 7.80. The molecule has 0 radical (unpaired) electrons. The van der Waals surface area contributed by atoms with Crippen LogP contribution in [0.1, 0.15) is 5.76 Å². The summed E-state index contributed by atoms with van der Waals surface area (Å²) in [5.41, 5.74) is 5.88. The molecule has 1 aromatic carbocycles. The maximum absolute atomic E-state index is 13.6. The standard InChI is InChI=1S/C14H9FN2OS/c15-12-4-2-1-3-11(12)13-6-5-10(18-13)7-9(8-16)14(17)19/h1-7H,(H2,17,19). The number of nitrogens with two attached hydrogens (primary N) is 1. The van der Waals surface area contributed by atoms with Gasteiger partial charge in [-0.3, -0.25) is 0 Å². The summed E-state index contributed by atoms with van der Waals surface area (Å²) in [5.74, 6) is 0.398. The summed E-state index contributed by atoms with van der Waals surface area (Å²) in [7, 11) is 0. The second-order valence-electron chi connectivity index (χ2n) is 3.72. The molecule has 0 spiro atoms. The number of nitriles is 1. The molecule has 1 aromatic heterocycles. The molecule has 2 aromatic rings. The van der Waals surface area contributed by atoms with E-state index >= 15 is 0 Å². The van der Waals surface area contributed by atoms with E-state index in [-0.39, 0.29) is 16.4 Å². The van der Waals surface area contributed by atoms with E-state index in [4.69, 9.17) is 27.6 Å². The van der Waals surface area contributed by atoms with Crippen LogP contribution in [-0.4, -0.2) is 4.99 Å². The molecule has 0 aliphatic heterocycles. The van der Waals surface area contributed by atoms with Crippen molar-refractivity contribution in [1.82, 2.24) is 0 Å². The molecule has 1 heterocycles. The van der Waals surface area contributed by atoms with E-state index in [0.29, 0.717) is 17.1 Å². The van der Waals surface area contributed by atoms with Crippen molar-refractivity contribution in [1.29, 1.82) is 5.26 Å². The molecule has 0 aliphatic rings. The largest absolute Gasteiger partial charge is 0.457 e. The van der Waals surface area contributed by atoms with Crippen molar-refractivity contribution >= 4 is 23.3 Å². The maximum atomic E-state index is 13.6. The Labute approximate surface area is 114 Å². The molecular formula is C14H9FN2OS. The summed E-state index contributed by atoms with van der Waals surface area (Å²) in [6.45, 7) is 0. The first kappa shape index (κ1) is 13.0. The van der Waals surface area contributed by atoms with Crippen LogP contribution in [0.5, 0.6) is 0 Å². The predicted octanol–water partition coefficient (Wildman–Crippen LogP) is 3.28. The van der Waals surface area contributed by atoms with Crippen molar-refractivity contribution in [3.8, 4) is 17.4 Å². The van der Waals surface area contributed by atoms with Crippen molar-refractivity contribution in [3.05, 3.63) is 53.5 Å². The van der Waals surface area contributed by atoms with E-state index in [1.165, 1.54) is 12.1 Å². The van der Waals surface area contributed by atoms with Crippen LogP contribution in [-0.2, 0) is 0 Å². The Morgan fingerprint density at radius 2 is 2.05 bits per heavy atom. The molecule has 2 N–H and O–H groups in total. The number of thiocarbonyl (C=S) groups is 1. The molecule has 0 atom stereocenters. The number of halogens is 1. The molecule has 0 unspecified atom stereocenters. The van der Waals surface area contributed by atoms with Gasteiger partial charge in [0.05, 0.1) is 11.1 Å². The third-order valence-electron chi connectivity index (χ3n) is 2.44. The topological polar surface area (TPSA) is 63.0 Å². The van der Waals surface area contributed by atoms with E-state index < -0.39 is 0 Å². The zero-order valence-corrected chi connectivity index (χ0v) is 10.6. The maximum Gasteiger partial charge on any atom is 0.137 e. The lowest BCUT2D eigenvalue weighted by Gasteiger charge is -1.98. The number of nitrogens with zero attached hydrogens (tertiary/aromatic N) is 1. The number of hydrogen-bond donors (Lipinski definition) is 1. The third-order valence-corrected chi connectivity index (χ3v) is 2.66. The number of rotatable bonds is 3. The molecule has 19 heavy (non-hydrogen) atoms. The summed E-state index contributed by atoms with van der Waals surface area (Å²) in [4.78, 5) is -0.00802. The van der Waals surface area contributed by atoms with Crippen LogP contribution in [0, 0.1) is 17.1 Å². The number of benzene rings is 1. The van der Waals surface area contributed by atoms with Gasteiger partial charge < -0.3 is 10.2 Å². The molecule has 0 aliphatic carbocycles. The lowest BCUT2D eigenvalue weighted by atomic mass is 10.1. The fourth-order valence-corrected chi connectivity index (χ4v) is 1.64. The highest BCUT2D eigenvalue weighted by Gasteiger charge is 2.09. The lowest BCUT2D eigenvalue weighted by molar-refractivity contribution is 0.561.